The standard InChI is InChI=1S/C18H19N3O3S/c1-13-8-9-15(10-14(13)2)20-25(22,23)16-11-19-21(12-16)17-6-4-5-7-18(17)24-3/h4-12,20H,1-3H3. The van der Waals surface area contributed by atoms with Gasteiger partial charge >= 0.3 is 0 Å². The molecule has 25 heavy (non-hydrogen) atoms. The summed E-state index contributed by atoms with van der Waals surface area (Å²) in [7, 11) is -2.17. The van der Waals surface area contributed by atoms with E-state index in [1.807, 2.05) is 32.0 Å². The second-order valence-electron chi connectivity index (χ2n) is 5.70. The van der Waals surface area contributed by atoms with Gasteiger partial charge in [-0.1, -0.05) is 18.2 Å². The maximum Gasteiger partial charge on any atom is 0.265 e. The Balaban J connectivity index is 1.91. The van der Waals surface area contributed by atoms with Crippen LogP contribution >= 0.6 is 0 Å². The maximum atomic E-state index is 12.6. The predicted octanol–water partition coefficient (Wildman–Crippen LogP) is 3.30. The van der Waals surface area contributed by atoms with Crippen LogP contribution in [-0.4, -0.2) is 25.3 Å². The first-order valence-electron chi connectivity index (χ1n) is 7.69. The first kappa shape index (κ1) is 17.0. The van der Waals surface area contributed by atoms with E-state index in [4.69, 9.17) is 4.74 Å². The molecule has 1 aromatic heterocycles. The first-order chi connectivity index (χ1) is 11.9. The van der Waals surface area contributed by atoms with Crippen LogP contribution in [0.15, 0.2) is 59.8 Å². The highest BCUT2D eigenvalue weighted by Crippen LogP contribution is 2.24. The summed E-state index contributed by atoms with van der Waals surface area (Å²) in [6.45, 7) is 3.91. The fraction of sp³-hybridized carbons (Fsp3) is 0.167. The van der Waals surface area contributed by atoms with Gasteiger partial charge in [0.15, 0.2) is 0 Å². The van der Waals surface area contributed by atoms with Gasteiger partial charge < -0.3 is 4.74 Å². The molecule has 0 atom stereocenters. The van der Waals surface area contributed by atoms with E-state index >= 15 is 0 Å². The van der Waals surface area contributed by atoms with Crippen LogP contribution in [0.5, 0.6) is 5.75 Å². The SMILES string of the molecule is COc1ccccc1-n1cc(S(=O)(=O)Nc2ccc(C)c(C)c2)cn1. The summed E-state index contributed by atoms with van der Waals surface area (Å²) in [5.41, 5.74) is 3.31. The van der Waals surface area contributed by atoms with E-state index in [-0.39, 0.29) is 4.90 Å². The van der Waals surface area contributed by atoms with Crippen molar-refractivity contribution in [2.75, 3.05) is 11.8 Å². The van der Waals surface area contributed by atoms with Gasteiger partial charge in [-0.3, -0.25) is 4.72 Å². The number of aromatic nitrogens is 2. The van der Waals surface area contributed by atoms with Crippen LogP contribution in [0.1, 0.15) is 11.1 Å². The van der Waals surface area contributed by atoms with Gasteiger partial charge in [0.2, 0.25) is 0 Å². The number of rotatable bonds is 5. The minimum Gasteiger partial charge on any atom is -0.494 e. The van der Waals surface area contributed by atoms with Crippen LogP contribution in [0.3, 0.4) is 0 Å². The molecule has 0 saturated carbocycles. The lowest BCUT2D eigenvalue weighted by molar-refractivity contribution is 0.411. The molecule has 0 aliphatic carbocycles. The van der Waals surface area contributed by atoms with E-state index in [0.29, 0.717) is 17.1 Å². The van der Waals surface area contributed by atoms with Crippen LogP contribution in [0.25, 0.3) is 5.69 Å². The van der Waals surface area contributed by atoms with Crippen LogP contribution in [0, 0.1) is 13.8 Å². The van der Waals surface area contributed by atoms with Gasteiger partial charge in [-0.25, -0.2) is 13.1 Å². The predicted molar refractivity (Wildman–Crippen MR) is 96.8 cm³/mol. The molecule has 130 valence electrons. The van der Waals surface area contributed by atoms with Crippen molar-refractivity contribution in [1.29, 1.82) is 0 Å². The molecule has 1 N–H and O–H groups in total. The number of nitrogens with one attached hydrogen (secondary N) is 1. The number of hydrogen-bond donors (Lipinski definition) is 1. The van der Waals surface area contributed by atoms with Crippen molar-refractivity contribution in [2.45, 2.75) is 18.7 Å². The molecule has 0 fully saturated rings. The first-order valence-corrected chi connectivity index (χ1v) is 9.17. The summed E-state index contributed by atoms with van der Waals surface area (Å²) < 4.78 is 34.6. The van der Waals surface area contributed by atoms with Crippen molar-refractivity contribution in [1.82, 2.24) is 9.78 Å². The number of benzene rings is 2. The molecule has 0 unspecified atom stereocenters. The van der Waals surface area contributed by atoms with Crippen molar-refractivity contribution in [3.8, 4) is 11.4 Å². The van der Waals surface area contributed by atoms with Crippen LogP contribution < -0.4 is 9.46 Å². The van der Waals surface area contributed by atoms with E-state index in [1.54, 1.807) is 31.4 Å². The smallest absolute Gasteiger partial charge is 0.265 e. The van der Waals surface area contributed by atoms with Crippen molar-refractivity contribution in [2.24, 2.45) is 0 Å². The molecule has 0 saturated heterocycles. The number of nitrogens with zero attached hydrogens (tertiary/aromatic N) is 2. The Morgan fingerprint density at radius 2 is 1.84 bits per heavy atom. The Labute approximate surface area is 147 Å². The van der Waals surface area contributed by atoms with Crippen molar-refractivity contribution in [3.63, 3.8) is 0 Å². The van der Waals surface area contributed by atoms with Gasteiger partial charge in [0.25, 0.3) is 10.0 Å². The van der Waals surface area contributed by atoms with Crippen LogP contribution in [0.2, 0.25) is 0 Å². The number of hydrogen-bond acceptors (Lipinski definition) is 4. The monoisotopic (exact) mass is 357 g/mol. The highest BCUT2D eigenvalue weighted by molar-refractivity contribution is 7.92. The zero-order valence-electron chi connectivity index (χ0n) is 14.2. The van der Waals surface area contributed by atoms with Gasteiger partial charge in [-0.2, -0.15) is 5.10 Å². The Morgan fingerprint density at radius 3 is 2.56 bits per heavy atom. The average Bonchev–Trinajstić information content (AvgIpc) is 3.09. The fourth-order valence-electron chi connectivity index (χ4n) is 2.41. The fourth-order valence-corrected chi connectivity index (χ4v) is 3.39. The number of para-hydroxylation sites is 2. The summed E-state index contributed by atoms with van der Waals surface area (Å²) >= 11 is 0. The number of aryl methyl sites for hydroxylation is 2. The topological polar surface area (TPSA) is 73.2 Å². The maximum absolute atomic E-state index is 12.6. The van der Waals surface area contributed by atoms with Gasteiger partial charge in [0.1, 0.15) is 16.3 Å². The zero-order valence-corrected chi connectivity index (χ0v) is 15.0. The lowest BCUT2D eigenvalue weighted by Gasteiger charge is -2.09. The van der Waals surface area contributed by atoms with Crippen molar-refractivity contribution in [3.05, 3.63) is 66.0 Å². The highest BCUT2D eigenvalue weighted by atomic mass is 32.2. The molecule has 1 heterocycles. The molecule has 0 spiro atoms. The van der Waals surface area contributed by atoms with E-state index in [1.165, 1.54) is 17.1 Å². The average molecular weight is 357 g/mol. The van der Waals surface area contributed by atoms with Crippen LogP contribution in [-0.2, 0) is 10.0 Å². The summed E-state index contributed by atoms with van der Waals surface area (Å²) in [4.78, 5) is 0.0802. The van der Waals surface area contributed by atoms with Crippen molar-refractivity contribution >= 4 is 15.7 Å². The number of anilines is 1. The largest absolute Gasteiger partial charge is 0.494 e. The second kappa shape index (κ2) is 6.60. The second-order valence-corrected chi connectivity index (χ2v) is 7.38. The molecule has 0 radical (unpaired) electrons. The lowest BCUT2D eigenvalue weighted by Crippen LogP contribution is -2.12. The van der Waals surface area contributed by atoms with Crippen LogP contribution in [0.4, 0.5) is 5.69 Å². The molecule has 0 aliphatic rings. The van der Waals surface area contributed by atoms with E-state index in [2.05, 4.69) is 9.82 Å². The third-order valence-corrected chi connectivity index (χ3v) is 5.30. The zero-order chi connectivity index (χ0) is 18.0. The molecular weight excluding hydrogens is 338 g/mol. The summed E-state index contributed by atoms with van der Waals surface area (Å²) in [5.74, 6) is 0.608. The van der Waals surface area contributed by atoms with Crippen molar-refractivity contribution < 1.29 is 13.2 Å². The minimum absolute atomic E-state index is 0.0802. The molecule has 0 amide bonds. The molecular formula is C18H19N3O3S. The van der Waals surface area contributed by atoms with Gasteiger partial charge in [-0.05, 0) is 49.2 Å². The van der Waals surface area contributed by atoms with E-state index < -0.39 is 10.0 Å². The quantitative estimate of drug-likeness (QED) is 0.760. The third kappa shape index (κ3) is 3.51. The van der Waals surface area contributed by atoms with Gasteiger partial charge in [-0.15, -0.1) is 0 Å². The molecule has 3 rings (SSSR count). The number of sulfonamides is 1. The molecule has 0 aliphatic heterocycles. The molecule has 0 bridgehead atoms. The number of methoxy groups -OCH3 is 1. The minimum atomic E-state index is -3.72. The number of ether oxygens (including phenoxy) is 1. The molecule has 6 nitrogen and oxygen atoms in total. The molecule has 7 heteroatoms. The van der Waals surface area contributed by atoms with Gasteiger partial charge in [0, 0.05) is 5.69 Å². The Kier molecular flexibility index (Phi) is 4.50. The molecule has 3 aromatic rings. The van der Waals surface area contributed by atoms with E-state index in [9.17, 15) is 8.42 Å². The normalized spacial score (nSPS) is 11.3. The third-order valence-electron chi connectivity index (χ3n) is 3.96. The Bertz CT molecular complexity index is 1010. The highest BCUT2D eigenvalue weighted by Gasteiger charge is 2.18. The summed E-state index contributed by atoms with van der Waals surface area (Å²) in [5, 5.41) is 4.15. The molecule has 2 aromatic carbocycles. The summed E-state index contributed by atoms with van der Waals surface area (Å²) in [6, 6.07) is 12.7. The Morgan fingerprint density at radius 1 is 1.08 bits per heavy atom. The lowest BCUT2D eigenvalue weighted by atomic mass is 10.1. The van der Waals surface area contributed by atoms with Gasteiger partial charge in [0.05, 0.1) is 19.5 Å². The summed E-state index contributed by atoms with van der Waals surface area (Å²) in [6.07, 6.45) is 2.77. The van der Waals surface area contributed by atoms with E-state index in [0.717, 1.165) is 11.1 Å². The Hall–Kier alpha value is -2.80.